The minimum Gasteiger partial charge on any atom is -0.353 e. The summed E-state index contributed by atoms with van der Waals surface area (Å²) in [5.41, 5.74) is 2.17. The van der Waals surface area contributed by atoms with Crippen LogP contribution in [-0.4, -0.2) is 34.6 Å². The van der Waals surface area contributed by atoms with Crippen molar-refractivity contribution >= 4 is 22.9 Å². The molecule has 2 aliphatic rings. The Morgan fingerprint density at radius 2 is 1.92 bits per heavy atom. The van der Waals surface area contributed by atoms with Crippen LogP contribution in [0, 0.1) is 5.92 Å². The first-order valence-corrected chi connectivity index (χ1v) is 9.69. The number of piperidine rings is 1. The first kappa shape index (κ1) is 16.4. The zero-order chi connectivity index (χ0) is 17.2. The Kier molecular flexibility index (Phi) is 4.64. The number of hydrogen-bond donors (Lipinski definition) is 1. The standard InChI is InChI=1S/C20H28N4O/c1-23-18-12-6-5-11-17(18)22-20(23)24-13-7-8-15(14-24)19(25)21-16-9-3-2-4-10-16/h5-6,11-12,15-16H,2-4,7-10,13-14H2,1H3,(H,21,25)/t15-/m1/s1. The van der Waals surface area contributed by atoms with Gasteiger partial charge in [-0.1, -0.05) is 31.4 Å². The number of anilines is 1. The number of aryl methyl sites for hydroxylation is 1. The maximum atomic E-state index is 12.7. The van der Waals surface area contributed by atoms with Gasteiger partial charge in [-0.2, -0.15) is 0 Å². The summed E-state index contributed by atoms with van der Waals surface area (Å²) >= 11 is 0. The van der Waals surface area contributed by atoms with E-state index in [1.807, 2.05) is 12.1 Å². The minimum atomic E-state index is 0.0792. The third-order valence-corrected chi connectivity index (χ3v) is 5.79. The van der Waals surface area contributed by atoms with E-state index >= 15 is 0 Å². The zero-order valence-corrected chi connectivity index (χ0v) is 15.1. The number of carbonyl (C=O) groups is 1. The van der Waals surface area contributed by atoms with E-state index in [4.69, 9.17) is 4.98 Å². The van der Waals surface area contributed by atoms with Crippen molar-refractivity contribution in [3.63, 3.8) is 0 Å². The highest BCUT2D eigenvalue weighted by Gasteiger charge is 2.29. The quantitative estimate of drug-likeness (QED) is 0.933. The molecule has 0 radical (unpaired) electrons. The van der Waals surface area contributed by atoms with E-state index in [2.05, 4.69) is 34.0 Å². The van der Waals surface area contributed by atoms with E-state index in [0.717, 1.165) is 55.8 Å². The smallest absolute Gasteiger partial charge is 0.225 e. The molecule has 1 amide bonds. The van der Waals surface area contributed by atoms with E-state index in [0.29, 0.717) is 6.04 Å². The number of para-hydroxylation sites is 2. The van der Waals surface area contributed by atoms with Crippen molar-refractivity contribution < 1.29 is 4.79 Å². The molecule has 5 nitrogen and oxygen atoms in total. The number of aromatic nitrogens is 2. The predicted octanol–water partition coefficient (Wildman–Crippen LogP) is 3.24. The Hall–Kier alpha value is -2.04. The number of imidazole rings is 1. The first-order chi connectivity index (χ1) is 12.2. The molecule has 1 N–H and O–H groups in total. The fraction of sp³-hybridized carbons (Fsp3) is 0.600. The summed E-state index contributed by atoms with van der Waals surface area (Å²) in [6.45, 7) is 1.75. The number of benzene rings is 1. The van der Waals surface area contributed by atoms with E-state index in [1.165, 1.54) is 19.3 Å². The molecule has 0 bridgehead atoms. The first-order valence-electron chi connectivity index (χ1n) is 9.69. The van der Waals surface area contributed by atoms with Crippen molar-refractivity contribution in [1.82, 2.24) is 14.9 Å². The molecule has 5 heteroatoms. The Balaban J connectivity index is 1.46. The molecule has 2 fully saturated rings. The third-order valence-electron chi connectivity index (χ3n) is 5.79. The lowest BCUT2D eigenvalue weighted by molar-refractivity contribution is -0.126. The molecular formula is C20H28N4O. The largest absolute Gasteiger partial charge is 0.353 e. The summed E-state index contributed by atoms with van der Waals surface area (Å²) in [4.78, 5) is 19.8. The molecule has 2 heterocycles. The molecule has 0 unspecified atom stereocenters. The van der Waals surface area contributed by atoms with Crippen LogP contribution in [-0.2, 0) is 11.8 Å². The van der Waals surface area contributed by atoms with Gasteiger partial charge in [-0.15, -0.1) is 0 Å². The number of fused-ring (bicyclic) bond motifs is 1. The predicted molar refractivity (Wildman–Crippen MR) is 101 cm³/mol. The molecule has 1 saturated carbocycles. The Morgan fingerprint density at radius 1 is 1.12 bits per heavy atom. The van der Waals surface area contributed by atoms with Gasteiger partial charge in [-0.25, -0.2) is 4.98 Å². The molecule has 1 atom stereocenters. The second kappa shape index (κ2) is 7.06. The summed E-state index contributed by atoms with van der Waals surface area (Å²) in [6.07, 6.45) is 8.14. The van der Waals surface area contributed by atoms with Crippen molar-refractivity contribution in [1.29, 1.82) is 0 Å². The molecule has 1 aromatic carbocycles. The molecule has 1 aromatic heterocycles. The highest BCUT2D eigenvalue weighted by atomic mass is 16.2. The molecule has 0 spiro atoms. The molecule has 1 saturated heterocycles. The van der Waals surface area contributed by atoms with Gasteiger partial charge in [0.1, 0.15) is 0 Å². The van der Waals surface area contributed by atoms with Crippen LogP contribution in [0.5, 0.6) is 0 Å². The van der Waals surface area contributed by atoms with Gasteiger partial charge >= 0.3 is 0 Å². The summed E-state index contributed by atoms with van der Waals surface area (Å²) in [7, 11) is 2.07. The van der Waals surface area contributed by atoms with Crippen LogP contribution in [0.3, 0.4) is 0 Å². The number of amides is 1. The Morgan fingerprint density at radius 3 is 2.72 bits per heavy atom. The van der Waals surface area contributed by atoms with Crippen molar-refractivity contribution in [2.75, 3.05) is 18.0 Å². The summed E-state index contributed by atoms with van der Waals surface area (Å²) in [5.74, 6) is 1.31. The number of nitrogens with zero attached hydrogens (tertiary/aromatic N) is 3. The average molecular weight is 340 g/mol. The molecule has 4 rings (SSSR count). The van der Waals surface area contributed by atoms with Gasteiger partial charge in [0.15, 0.2) is 0 Å². The summed E-state index contributed by atoms with van der Waals surface area (Å²) in [5, 5.41) is 3.31. The maximum absolute atomic E-state index is 12.7. The minimum absolute atomic E-state index is 0.0792. The maximum Gasteiger partial charge on any atom is 0.225 e. The molecule has 1 aliphatic heterocycles. The normalized spacial score (nSPS) is 22.3. The summed E-state index contributed by atoms with van der Waals surface area (Å²) in [6, 6.07) is 8.62. The molecule has 25 heavy (non-hydrogen) atoms. The average Bonchev–Trinajstić information content (AvgIpc) is 3.00. The fourth-order valence-electron chi connectivity index (χ4n) is 4.35. The van der Waals surface area contributed by atoms with Crippen LogP contribution in [0.2, 0.25) is 0 Å². The number of rotatable bonds is 3. The SMILES string of the molecule is Cn1c(N2CCC[C@@H](C(=O)NC3CCCCC3)C2)nc2ccccc21. The highest BCUT2D eigenvalue weighted by Crippen LogP contribution is 2.26. The lowest BCUT2D eigenvalue weighted by Gasteiger charge is -2.34. The molecule has 2 aromatic rings. The second-order valence-electron chi connectivity index (χ2n) is 7.59. The fourth-order valence-corrected chi connectivity index (χ4v) is 4.35. The van der Waals surface area contributed by atoms with Crippen LogP contribution in [0.1, 0.15) is 44.9 Å². The van der Waals surface area contributed by atoms with Gasteiger partial charge in [-0.3, -0.25) is 4.79 Å². The molecular weight excluding hydrogens is 312 g/mol. The van der Waals surface area contributed by atoms with Gasteiger partial charge in [0.05, 0.1) is 17.0 Å². The van der Waals surface area contributed by atoms with Crippen LogP contribution in [0.4, 0.5) is 5.95 Å². The highest BCUT2D eigenvalue weighted by molar-refractivity contribution is 5.81. The van der Waals surface area contributed by atoms with E-state index in [9.17, 15) is 4.79 Å². The zero-order valence-electron chi connectivity index (χ0n) is 15.1. The topological polar surface area (TPSA) is 50.2 Å². The monoisotopic (exact) mass is 340 g/mol. The van der Waals surface area contributed by atoms with Gasteiger partial charge in [0, 0.05) is 26.2 Å². The number of carbonyl (C=O) groups excluding carboxylic acids is 1. The third kappa shape index (κ3) is 3.37. The van der Waals surface area contributed by atoms with Crippen LogP contribution >= 0.6 is 0 Å². The van der Waals surface area contributed by atoms with Gasteiger partial charge < -0.3 is 14.8 Å². The van der Waals surface area contributed by atoms with Gasteiger partial charge in [-0.05, 0) is 37.8 Å². The van der Waals surface area contributed by atoms with E-state index in [1.54, 1.807) is 0 Å². The van der Waals surface area contributed by atoms with E-state index in [-0.39, 0.29) is 11.8 Å². The van der Waals surface area contributed by atoms with Crippen molar-refractivity contribution in [2.45, 2.75) is 51.0 Å². The number of hydrogen-bond acceptors (Lipinski definition) is 3. The van der Waals surface area contributed by atoms with Gasteiger partial charge in [0.2, 0.25) is 11.9 Å². The van der Waals surface area contributed by atoms with Crippen LogP contribution in [0.25, 0.3) is 11.0 Å². The van der Waals surface area contributed by atoms with Crippen LogP contribution in [0.15, 0.2) is 24.3 Å². The Bertz CT molecular complexity index is 747. The summed E-state index contributed by atoms with van der Waals surface area (Å²) < 4.78 is 2.15. The molecule has 134 valence electrons. The van der Waals surface area contributed by atoms with Gasteiger partial charge in [0.25, 0.3) is 0 Å². The van der Waals surface area contributed by atoms with E-state index < -0.39 is 0 Å². The lowest BCUT2D eigenvalue weighted by atomic mass is 9.93. The van der Waals surface area contributed by atoms with Crippen molar-refractivity contribution in [3.05, 3.63) is 24.3 Å². The number of nitrogens with one attached hydrogen (secondary N) is 1. The second-order valence-corrected chi connectivity index (χ2v) is 7.59. The van der Waals surface area contributed by atoms with Crippen molar-refractivity contribution in [3.8, 4) is 0 Å². The Labute approximate surface area is 149 Å². The molecule has 1 aliphatic carbocycles. The van der Waals surface area contributed by atoms with Crippen LogP contribution < -0.4 is 10.2 Å². The lowest BCUT2D eigenvalue weighted by Crippen LogP contribution is -2.47. The van der Waals surface area contributed by atoms with Crippen molar-refractivity contribution in [2.24, 2.45) is 13.0 Å².